The summed E-state index contributed by atoms with van der Waals surface area (Å²) in [5.74, 6) is 2.23. The Labute approximate surface area is 221 Å². The minimum atomic E-state index is -0.512. The van der Waals surface area contributed by atoms with Crippen LogP contribution in [0.2, 0.25) is 5.02 Å². The predicted molar refractivity (Wildman–Crippen MR) is 147 cm³/mol. The standard InChI is InChI=1S/C28H31ClFN7/c1-6-17-13-31-26-21(25(17)32-15-28(3,4)5)11-18(12-22(26)29)34-27(20-9-10-24(30)33-16(20)2)23-14-37(36-35-23)19-7-8-19/h1,9-14,19,27,34-36H,7-8,15H2,2-5H3,(H,31,32)/t27-/m0/s1. The molecule has 1 aliphatic heterocycles. The summed E-state index contributed by atoms with van der Waals surface area (Å²) >= 11 is 6.74. The first-order valence-corrected chi connectivity index (χ1v) is 12.7. The summed E-state index contributed by atoms with van der Waals surface area (Å²) in [6.45, 7) is 9.00. The van der Waals surface area contributed by atoms with Crippen LogP contribution in [0.3, 0.4) is 0 Å². The fourth-order valence-electron chi connectivity index (χ4n) is 4.37. The van der Waals surface area contributed by atoms with Gasteiger partial charge in [0, 0.05) is 47.3 Å². The predicted octanol–water partition coefficient (Wildman–Crippen LogP) is 5.65. The van der Waals surface area contributed by atoms with Crippen LogP contribution in [0.5, 0.6) is 0 Å². The van der Waals surface area contributed by atoms with Crippen molar-refractivity contribution in [3.63, 3.8) is 0 Å². The molecular formula is C28H31ClFN7. The molecule has 1 aliphatic carbocycles. The smallest absolute Gasteiger partial charge is 0.213 e. The molecule has 0 bridgehead atoms. The number of terminal acetylenes is 1. The Hall–Kier alpha value is -3.54. The number of pyridine rings is 2. The molecule has 1 atom stereocenters. The van der Waals surface area contributed by atoms with Crippen LogP contribution in [0.25, 0.3) is 10.9 Å². The lowest BCUT2D eigenvalue weighted by Crippen LogP contribution is -2.38. The fraction of sp³-hybridized carbons (Fsp3) is 0.357. The Morgan fingerprint density at radius 3 is 2.76 bits per heavy atom. The van der Waals surface area contributed by atoms with Crippen LogP contribution >= 0.6 is 11.6 Å². The number of nitrogens with one attached hydrogen (secondary N) is 4. The number of aryl methyl sites for hydroxylation is 1. The third kappa shape index (κ3) is 5.43. The van der Waals surface area contributed by atoms with Crippen LogP contribution in [-0.4, -0.2) is 27.6 Å². The second kappa shape index (κ2) is 9.73. The third-order valence-electron chi connectivity index (χ3n) is 6.45. The van der Waals surface area contributed by atoms with Crippen LogP contribution in [0.4, 0.5) is 15.8 Å². The molecule has 1 fully saturated rings. The molecule has 3 heterocycles. The first-order chi connectivity index (χ1) is 17.6. The Bertz CT molecular complexity index is 1420. The maximum Gasteiger partial charge on any atom is 0.213 e. The maximum atomic E-state index is 13.9. The van der Waals surface area contributed by atoms with Gasteiger partial charge in [-0.15, -0.1) is 12.0 Å². The molecule has 3 aromatic rings. The molecule has 0 saturated heterocycles. The minimum absolute atomic E-state index is 0.0420. The quantitative estimate of drug-likeness (QED) is 0.237. The van der Waals surface area contributed by atoms with Crippen molar-refractivity contribution in [2.45, 2.75) is 52.6 Å². The molecular weight excluding hydrogens is 489 g/mol. The summed E-state index contributed by atoms with van der Waals surface area (Å²) < 4.78 is 13.9. The molecule has 5 rings (SSSR count). The highest BCUT2D eigenvalue weighted by Crippen LogP contribution is 2.37. The zero-order valence-electron chi connectivity index (χ0n) is 21.4. The van der Waals surface area contributed by atoms with Crippen molar-refractivity contribution in [1.82, 2.24) is 25.9 Å². The van der Waals surface area contributed by atoms with Crippen LogP contribution in [0.1, 0.15) is 56.5 Å². The van der Waals surface area contributed by atoms with E-state index in [4.69, 9.17) is 18.0 Å². The van der Waals surface area contributed by atoms with Crippen molar-refractivity contribution in [2.24, 2.45) is 5.41 Å². The van der Waals surface area contributed by atoms with Gasteiger partial charge in [-0.05, 0) is 43.4 Å². The van der Waals surface area contributed by atoms with Gasteiger partial charge in [0.1, 0.15) is 0 Å². The van der Waals surface area contributed by atoms with E-state index in [9.17, 15) is 4.39 Å². The van der Waals surface area contributed by atoms with E-state index < -0.39 is 5.95 Å². The summed E-state index contributed by atoms with van der Waals surface area (Å²) in [5.41, 5.74) is 11.8. The zero-order chi connectivity index (χ0) is 26.3. The Morgan fingerprint density at radius 2 is 2.08 bits per heavy atom. The highest BCUT2D eigenvalue weighted by molar-refractivity contribution is 6.35. The molecule has 0 amide bonds. The molecule has 1 saturated carbocycles. The second-order valence-corrected chi connectivity index (χ2v) is 11.2. The molecule has 2 aliphatic rings. The molecule has 1 aromatic carbocycles. The normalized spacial score (nSPS) is 16.2. The number of halogens is 2. The van der Waals surface area contributed by atoms with Crippen LogP contribution in [0, 0.1) is 30.6 Å². The summed E-state index contributed by atoms with van der Waals surface area (Å²) in [6, 6.07) is 7.12. The van der Waals surface area contributed by atoms with Crippen LogP contribution < -0.4 is 21.6 Å². The SMILES string of the molecule is C#Cc1cnc2c(Cl)cc(N[C@H](C3=CN(C4CC4)NN3)c3ccc(F)nc3C)cc2c1NCC(C)(C)C. The highest BCUT2D eigenvalue weighted by Gasteiger charge is 2.33. The number of hydrazine groups is 2. The van der Waals surface area contributed by atoms with Gasteiger partial charge in [0.15, 0.2) is 0 Å². The average Bonchev–Trinajstić information content (AvgIpc) is 3.57. The van der Waals surface area contributed by atoms with Gasteiger partial charge < -0.3 is 16.1 Å². The largest absolute Gasteiger partial charge is 0.383 e. The molecule has 0 spiro atoms. The van der Waals surface area contributed by atoms with E-state index in [1.807, 2.05) is 12.1 Å². The van der Waals surface area contributed by atoms with Crippen molar-refractivity contribution in [3.05, 3.63) is 70.2 Å². The van der Waals surface area contributed by atoms with E-state index in [0.29, 0.717) is 27.8 Å². The van der Waals surface area contributed by atoms with Gasteiger partial charge >= 0.3 is 0 Å². The van der Waals surface area contributed by atoms with Crippen molar-refractivity contribution < 1.29 is 4.39 Å². The Morgan fingerprint density at radius 1 is 1.30 bits per heavy atom. The maximum absolute atomic E-state index is 13.9. The molecule has 0 radical (unpaired) electrons. The van der Waals surface area contributed by atoms with Gasteiger partial charge in [0.25, 0.3) is 0 Å². The van der Waals surface area contributed by atoms with E-state index >= 15 is 0 Å². The van der Waals surface area contributed by atoms with Gasteiger partial charge in [-0.3, -0.25) is 9.99 Å². The molecule has 7 nitrogen and oxygen atoms in total. The molecule has 2 aromatic heterocycles. The zero-order valence-corrected chi connectivity index (χ0v) is 22.2. The number of fused-ring (bicyclic) bond motifs is 1. The lowest BCUT2D eigenvalue weighted by Gasteiger charge is -2.24. The number of aromatic nitrogens is 2. The number of anilines is 2. The second-order valence-electron chi connectivity index (χ2n) is 10.8. The van der Waals surface area contributed by atoms with Gasteiger partial charge in [-0.25, -0.2) is 4.98 Å². The molecule has 4 N–H and O–H groups in total. The highest BCUT2D eigenvalue weighted by atomic mass is 35.5. The number of benzene rings is 1. The van der Waals surface area contributed by atoms with Gasteiger partial charge in [0.05, 0.1) is 33.5 Å². The van der Waals surface area contributed by atoms with Gasteiger partial charge in [-0.1, -0.05) is 44.4 Å². The summed E-state index contributed by atoms with van der Waals surface area (Å²) in [4.78, 5) is 8.60. The number of nitrogens with zero attached hydrogens (tertiary/aromatic N) is 3. The summed E-state index contributed by atoms with van der Waals surface area (Å²) in [7, 11) is 0. The molecule has 9 heteroatoms. The third-order valence-corrected chi connectivity index (χ3v) is 6.74. The summed E-state index contributed by atoms with van der Waals surface area (Å²) in [6.07, 6.45) is 11.8. The molecule has 37 heavy (non-hydrogen) atoms. The van der Waals surface area contributed by atoms with Crippen LogP contribution in [0.15, 0.2) is 42.4 Å². The van der Waals surface area contributed by atoms with Crippen molar-refractivity contribution in [2.75, 3.05) is 17.2 Å². The van der Waals surface area contributed by atoms with Gasteiger partial charge in [-0.2, -0.15) is 4.39 Å². The monoisotopic (exact) mass is 519 g/mol. The molecule has 0 unspecified atom stereocenters. The lowest BCUT2D eigenvalue weighted by molar-refractivity contribution is 0.260. The van der Waals surface area contributed by atoms with Crippen molar-refractivity contribution in [1.29, 1.82) is 0 Å². The number of rotatable bonds is 7. The number of hydrogen-bond acceptors (Lipinski definition) is 7. The fourth-order valence-corrected chi connectivity index (χ4v) is 4.64. The van der Waals surface area contributed by atoms with E-state index in [1.54, 1.807) is 19.2 Å². The first kappa shape index (κ1) is 25.1. The van der Waals surface area contributed by atoms with Crippen molar-refractivity contribution in [3.8, 4) is 12.3 Å². The minimum Gasteiger partial charge on any atom is -0.383 e. The topological polar surface area (TPSA) is 77.1 Å². The number of hydrogen-bond donors (Lipinski definition) is 4. The van der Waals surface area contributed by atoms with E-state index in [-0.39, 0.29) is 11.5 Å². The van der Waals surface area contributed by atoms with Crippen LogP contribution in [-0.2, 0) is 0 Å². The molecule has 192 valence electrons. The Balaban J connectivity index is 1.57. The first-order valence-electron chi connectivity index (χ1n) is 12.4. The lowest BCUT2D eigenvalue weighted by atomic mass is 9.96. The van der Waals surface area contributed by atoms with Crippen molar-refractivity contribution >= 4 is 33.9 Å². The average molecular weight is 520 g/mol. The van der Waals surface area contributed by atoms with E-state index in [2.05, 4.69) is 69.5 Å². The Kier molecular flexibility index (Phi) is 6.61. The van der Waals surface area contributed by atoms with Gasteiger partial charge in [0.2, 0.25) is 5.95 Å². The van der Waals surface area contributed by atoms with E-state index in [0.717, 1.165) is 47.4 Å². The van der Waals surface area contributed by atoms with E-state index in [1.165, 1.54) is 6.07 Å². The summed E-state index contributed by atoms with van der Waals surface area (Å²) in [5, 5.41) is 10.5.